The molecule has 4 heteroatoms. The van der Waals surface area contributed by atoms with Crippen LogP contribution in [-0.4, -0.2) is 25.6 Å². The zero-order valence-corrected chi connectivity index (χ0v) is 12.4. The van der Waals surface area contributed by atoms with E-state index in [9.17, 15) is 0 Å². The van der Waals surface area contributed by atoms with Crippen molar-refractivity contribution in [3.05, 3.63) is 10.6 Å². The van der Waals surface area contributed by atoms with Crippen molar-refractivity contribution in [2.45, 2.75) is 46.1 Å². The van der Waals surface area contributed by atoms with Gasteiger partial charge in [-0.3, -0.25) is 0 Å². The molecule has 0 aromatic carbocycles. The first kappa shape index (κ1) is 14.5. The van der Waals surface area contributed by atoms with Crippen LogP contribution in [0.3, 0.4) is 0 Å². The molecule has 0 aliphatic heterocycles. The normalized spacial score (nSPS) is 10.8. The average molecular weight is 255 g/mol. The van der Waals surface area contributed by atoms with E-state index in [4.69, 9.17) is 4.98 Å². The van der Waals surface area contributed by atoms with Crippen LogP contribution in [0.5, 0.6) is 0 Å². The monoisotopic (exact) mass is 255 g/mol. The molecular formula is C13H25N3S. The number of hydrogen-bond donors (Lipinski definition) is 1. The minimum Gasteiger partial charge on any atom is -0.351 e. The smallest absolute Gasteiger partial charge is 0.185 e. The fourth-order valence-corrected chi connectivity index (χ4v) is 2.86. The summed E-state index contributed by atoms with van der Waals surface area (Å²) in [6.07, 6.45) is 4.73. The maximum absolute atomic E-state index is 4.78. The third-order valence-electron chi connectivity index (χ3n) is 2.76. The lowest BCUT2D eigenvalue weighted by molar-refractivity contribution is 0.760. The minimum absolute atomic E-state index is 0.939. The van der Waals surface area contributed by atoms with Crippen molar-refractivity contribution in [3.8, 4) is 0 Å². The number of unbranched alkanes of at least 4 members (excludes halogenated alkanes) is 1. The molecule has 0 atom stereocenters. The van der Waals surface area contributed by atoms with Crippen LogP contribution in [0.4, 0.5) is 5.13 Å². The Labute approximate surface area is 109 Å². The Kier molecular flexibility index (Phi) is 6.52. The molecule has 0 bridgehead atoms. The highest BCUT2D eigenvalue weighted by Crippen LogP contribution is 2.26. The molecule has 0 unspecified atom stereocenters. The van der Waals surface area contributed by atoms with E-state index in [2.05, 4.69) is 31.1 Å². The molecule has 1 aromatic heterocycles. The summed E-state index contributed by atoms with van der Waals surface area (Å²) in [6.45, 7) is 6.48. The second-order valence-corrected chi connectivity index (χ2v) is 5.48. The van der Waals surface area contributed by atoms with Crippen molar-refractivity contribution < 1.29 is 0 Å². The van der Waals surface area contributed by atoms with E-state index in [-0.39, 0.29) is 0 Å². The van der Waals surface area contributed by atoms with Crippen molar-refractivity contribution in [1.29, 1.82) is 0 Å². The van der Waals surface area contributed by atoms with E-state index < -0.39 is 0 Å². The SMILES string of the molecule is CCCCN(C)c1nc(CCC)c(CNC)s1. The van der Waals surface area contributed by atoms with Crippen LogP contribution >= 0.6 is 11.3 Å². The summed E-state index contributed by atoms with van der Waals surface area (Å²) in [6, 6.07) is 0. The van der Waals surface area contributed by atoms with E-state index in [1.165, 1.54) is 35.0 Å². The molecule has 1 rings (SSSR count). The van der Waals surface area contributed by atoms with Gasteiger partial charge in [0.25, 0.3) is 0 Å². The molecule has 0 fully saturated rings. The average Bonchev–Trinajstić information content (AvgIpc) is 2.71. The molecule has 0 radical (unpaired) electrons. The van der Waals surface area contributed by atoms with Gasteiger partial charge in [-0.15, -0.1) is 11.3 Å². The zero-order chi connectivity index (χ0) is 12.7. The summed E-state index contributed by atoms with van der Waals surface area (Å²) in [7, 11) is 4.14. The largest absolute Gasteiger partial charge is 0.351 e. The number of aromatic nitrogens is 1. The number of thiazole rings is 1. The van der Waals surface area contributed by atoms with Crippen molar-refractivity contribution >= 4 is 16.5 Å². The van der Waals surface area contributed by atoms with Gasteiger partial charge in [0.05, 0.1) is 5.69 Å². The van der Waals surface area contributed by atoms with Gasteiger partial charge in [-0.05, 0) is 19.9 Å². The Bertz CT molecular complexity index is 299. The third kappa shape index (κ3) is 4.28. The molecule has 0 aliphatic rings. The molecule has 0 aliphatic carbocycles. The summed E-state index contributed by atoms with van der Waals surface area (Å²) in [5, 5.41) is 4.40. The molecule has 1 N–H and O–H groups in total. The Balaban J connectivity index is 2.75. The standard InChI is InChI=1S/C13H25N3S/c1-5-7-9-16(4)13-15-11(8-6-2)12(17-13)10-14-3/h14H,5-10H2,1-4H3. The molecule has 0 saturated carbocycles. The third-order valence-corrected chi connectivity index (χ3v) is 3.98. The van der Waals surface area contributed by atoms with Crippen LogP contribution in [-0.2, 0) is 13.0 Å². The fraction of sp³-hybridized carbons (Fsp3) is 0.769. The summed E-state index contributed by atoms with van der Waals surface area (Å²) in [4.78, 5) is 8.46. The Hall–Kier alpha value is -0.610. The first-order valence-electron chi connectivity index (χ1n) is 6.57. The van der Waals surface area contributed by atoms with E-state index >= 15 is 0 Å². The van der Waals surface area contributed by atoms with Crippen molar-refractivity contribution in [3.63, 3.8) is 0 Å². The summed E-state index contributed by atoms with van der Waals surface area (Å²) in [5.74, 6) is 0. The summed E-state index contributed by atoms with van der Waals surface area (Å²) < 4.78 is 0. The van der Waals surface area contributed by atoms with Gasteiger partial charge in [-0.2, -0.15) is 0 Å². The molecule has 1 heterocycles. The van der Waals surface area contributed by atoms with Gasteiger partial charge >= 0.3 is 0 Å². The van der Waals surface area contributed by atoms with Crippen LogP contribution in [0, 0.1) is 0 Å². The predicted molar refractivity (Wildman–Crippen MR) is 77.1 cm³/mol. The van der Waals surface area contributed by atoms with Gasteiger partial charge in [-0.1, -0.05) is 26.7 Å². The highest BCUT2D eigenvalue weighted by atomic mass is 32.1. The van der Waals surface area contributed by atoms with Crippen molar-refractivity contribution in [1.82, 2.24) is 10.3 Å². The summed E-state index contributed by atoms with van der Waals surface area (Å²) in [5.41, 5.74) is 1.28. The van der Waals surface area contributed by atoms with Crippen LogP contribution in [0.1, 0.15) is 43.7 Å². The lowest BCUT2D eigenvalue weighted by Gasteiger charge is -2.14. The molecular weight excluding hydrogens is 230 g/mol. The first-order valence-corrected chi connectivity index (χ1v) is 7.38. The minimum atomic E-state index is 0.939. The quantitative estimate of drug-likeness (QED) is 0.774. The van der Waals surface area contributed by atoms with Crippen LogP contribution in [0.2, 0.25) is 0 Å². The fourth-order valence-electron chi connectivity index (χ4n) is 1.75. The highest BCUT2D eigenvalue weighted by molar-refractivity contribution is 7.15. The first-order chi connectivity index (χ1) is 8.22. The maximum Gasteiger partial charge on any atom is 0.185 e. The Morgan fingerprint density at radius 1 is 1.29 bits per heavy atom. The lowest BCUT2D eigenvalue weighted by Crippen LogP contribution is -2.17. The van der Waals surface area contributed by atoms with Crippen molar-refractivity contribution in [2.75, 3.05) is 25.5 Å². The number of anilines is 1. The molecule has 0 amide bonds. The lowest BCUT2D eigenvalue weighted by atomic mass is 10.2. The van der Waals surface area contributed by atoms with Gasteiger partial charge in [0.15, 0.2) is 5.13 Å². The Morgan fingerprint density at radius 3 is 2.65 bits per heavy atom. The maximum atomic E-state index is 4.78. The van der Waals surface area contributed by atoms with E-state index in [1.54, 1.807) is 0 Å². The highest BCUT2D eigenvalue weighted by Gasteiger charge is 2.12. The summed E-state index contributed by atoms with van der Waals surface area (Å²) >= 11 is 1.83. The number of rotatable bonds is 8. The van der Waals surface area contributed by atoms with E-state index in [0.717, 1.165) is 19.5 Å². The van der Waals surface area contributed by atoms with Gasteiger partial charge in [0.2, 0.25) is 0 Å². The Morgan fingerprint density at radius 2 is 2.06 bits per heavy atom. The number of nitrogens with zero attached hydrogens (tertiary/aromatic N) is 2. The van der Waals surface area contributed by atoms with Gasteiger partial charge in [0.1, 0.15) is 0 Å². The molecule has 17 heavy (non-hydrogen) atoms. The van der Waals surface area contributed by atoms with Crippen LogP contribution < -0.4 is 10.2 Å². The topological polar surface area (TPSA) is 28.2 Å². The second kappa shape index (κ2) is 7.67. The predicted octanol–water partition coefficient (Wildman–Crippen LogP) is 3.05. The molecule has 98 valence electrons. The van der Waals surface area contributed by atoms with Crippen molar-refractivity contribution in [2.24, 2.45) is 0 Å². The number of hydrogen-bond acceptors (Lipinski definition) is 4. The zero-order valence-electron chi connectivity index (χ0n) is 11.5. The number of nitrogens with one attached hydrogen (secondary N) is 1. The molecule has 0 spiro atoms. The van der Waals surface area contributed by atoms with Gasteiger partial charge < -0.3 is 10.2 Å². The molecule has 3 nitrogen and oxygen atoms in total. The molecule has 1 aromatic rings. The second-order valence-electron chi connectivity index (χ2n) is 4.42. The van der Waals surface area contributed by atoms with E-state index in [1.807, 2.05) is 18.4 Å². The van der Waals surface area contributed by atoms with Gasteiger partial charge in [0, 0.05) is 25.0 Å². The van der Waals surface area contributed by atoms with E-state index in [0.29, 0.717) is 0 Å². The molecule has 0 saturated heterocycles. The number of aryl methyl sites for hydroxylation is 1. The van der Waals surface area contributed by atoms with Gasteiger partial charge in [-0.25, -0.2) is 4.98 Å². The van der Waals surface area contributed by atoms with Crippen LogP contribution in [0.15, 0.2) is 0 Å². The van der Waals surface area contributed by atoms with Crippen LogP contribution in [0.25, 0.3) is 0 Å².